The summed E-state index contributed by atoms with van der Waals surface area (Å²) in [5.41, 5.74) is 0. The van der Waals surface area contributed by atoms with E-state index in [9.17, 15) is 40.5 Å². The van der Waals surface area contributed by atoms with Gasteiger partial charge in [0, 0.05) is 6.92 Å². The second-order valence-electron chi connectivity index (χ2n) is 6.24. The lowest BCUT2D eigenvalue weighted by molar-refractivity contribution is -0.360. The number of hydrogen-bond donors (Lipinski definition) is 7. The van der Waals surface area contributed by atoms with E-state index >= 15 is 0 Å². The highest BCUT2D eigenvalue weighted by Gasteiger charge is 2.59. The molecule has 0 spiro atoms. The fourth-order valence-corrected chi connectivity index (χ4v) is 3.27. The Morgan fingerprint density at radius 2 is 1.59 bits per heavy atom. The molecule has 2 fully saturated rings. The molecule has 0 aromatic carbocycles. The first-order chi connectivity index (χ1) is 12.6. The smallest absolute Gasteiger partial charge is 0.304 e. The topological polar surface area (TPSA) is 196 Å². The number of carbonyl (C=O) groups is 1. The summed E-state index contributed by atoms with van der Waals surface area (Å²) in [4.78, 5) is 11.3. The molecule has 158 valence electrons. The van der Waals surface area contributed by atoms with Gasteiger partial charge in [-0.25, -0.2) is 0 Å². The van der Waals surface area contributed by atoms with Crippen LogP contribution in [0.15, 0.2) is 0 Å². The standard InChI is InChI=1S/C14H23ClO12/c1-4(18)27-14(15)10(21)6(3-17)25-13(11(14)22)26-9-5(2-16)24-12(23)8(20)7(9)19/h5-13,16-17,19-23H,2-3H2,1H3/t5-,6-,7-,8-,9-,10-,11+,12-,13-,14+/m1/s1. The van der Waals surface area contributed by atoms with Gasteiger partial charge in [0.15, 0.2) is 18.7 Å². The molecule has 2 aliphatic rings. The molecule has 0 radical (unpaired) electrons. The third-order valence-corrected chi connectivity index (χ3v) is 4.86. The van der Waals surface area contributed by atoms with Crippen LogP contribution in [0.5, 0.6) is 0 Å². The van der Waals surface area contributed by atoms with Crippen molar-refractivity contribution in [2.24, 2.45) is 0 Å². The third kappa shape index (κ3) is 4.36. The van der Waals surface area contributed by atoms with Gasteiger partial charge in [-0.3, -0.25) is 4.79 Å². The molecule has 0 unspecified atom stereocenters. The van der Waals surface area contributed by atoms with Gasteiger partial charge in [-0.1, -0.05) is 11.6 Å². The summed E-state index contributed by atoms with van der Waals surface area (Å²) < 4.78 is 20.3. The van der Waals surface area contributed by atoms with Crippen molar-refractivity contribution in [2.75, 3.05) is 13.2 Å². The van der Waals surface area contributed by atoms with Gasteiger partial charge in [-0.15, -0.1) is 0 Å². The third-order valence-electron chi connectivity index (χ3n) is 4.34. The normalized spacial score (nSPS) is 48.3. The summed E-state index contributed by atoms with van der Waals surface area (Å²) in [5.74, 6) is -0.951. The highest BCUT2D eigenvalue weighted by atomic mass is 35.5. The highest BCUT2D eigenvalue weighted by Crippen LogP contribution is 2.38. The summed E-state index contributed by atoms with van der Waals surface area (Å²) in [6.07, 6.45) is -15.3. The zero-order valence-electron chi connectivity index (χ0n) is 14.2. The van der Waals surface area contributed by atoms with E-state index in [4.69, 9.17) is 30.5 Å². The van der Waals surface area contributed by atoms with E-state index < -0.39 is 79.6 Å². The summed E-state index contributed by atoms with van der Waals surface area (Å²) in [7, 11) is 0. The molecule has 27 heavy (non-hydrogen) atoms. The van der Waals surface area contributed by atoms with Crippen LogP contribution < -0.4 is 0 Å². The van der Waals surface area contributed by atoms with Crippen LogP contribution >= 0.6 is 11.6 Å². The number of carbonyl (C=O) groups excluding carboxylic acids is 1. The van der Waals surface area contributed by atoms with Crippen molar-refractivity contribution in [3.8, 4) is 0 Å². The van der Waals surface area contributed by atoms with Gasteiger partial charge in [0.2, 0.25) is 5.06 Å². The minimum absolute atomic E-state index is 0.740. The van der Waals surface area contributed by atoms with Gasteiger partial charge in [0.1, 0.15) is 36.6 Å². The Bertz CT molecular complexity index is 520. The lowest BCUT2D eigenvalue weighted by Crippen LogP contribution is -2.68. The Labute approximate surface area is 158 Å². The van der Waals surface area contributed by atoms with E-state index in [2.05, 4.69) is 0 Å². The number of halogens is 1. The monoisotopic (exact) mass is 418 g/mol. The Morgan fingerprint density at radius 3 is 2.11 bits per heavy atom. The van der Waals surface area contributed by atoms with Crippen molar-refractivity contribution in [3.63, 3.8) is 0 Å². The SMILES string of the molecule is CC(=O)O[C@@]1(Cl)[C@H](O)[C@@H](CO)O[C@H](O[C@H]2[C@H](O)[C@@H](O)[C@H](O)O[C@@H]2CO)[C@@H]1O. The zero-order chi connectivity index (χ0) is 20.5. The fourth-order valence-electron chi connectivity index (χ4n) is 2.92. The summed E-state index contributed by atoms with van der Waals surface area (Å²) >= 11 is 6.07. The first kappa shape index (κ1) is 22.6. The second kappa shape index (κ2) is 8.80. The minimum Gasteiger partial charge on any atom is -0.437 e. The molecule has 0 saturated carbocycles. The van der Waals surface area contributed by atoms with Crippen molar-refractivity contribution >= 4 is 17.6 Å². The van der Waals surface area contributed by atoms with Gasteiger partial charge in [-0.05, 0) is 0 Å². The molecular weight excluding hydrogens is 396 g/mol. The van der Waals surface area contributed by atoms with E-state index in [1.165, 1.54) is 0 Å². The first-order valence-corrected chi connectivity index (χ1v) is 8.41. The van der Waals surface area contributed by atoms with Crippen LogP contribution in [-0.4, -0.2) is 115 Å². The summed E-state index contributed by atoms with van der Waals surface area (Å²) in [6.45, 7) is -0.560. The number of alkyl halides is 1. The molecular formula is C14H23ClO12. The van der Waals surface area contributed by atoms with Crippen LogP contribution in [0, 0.1) is 0 Å². The number of ether oxygens (including phenoxy) is 4. The number of esters is 1. The average Bonchev–Trinajstić information content (AvgIpc) is 2.61. The number of aliphatic hydroxyl groups excluding tert-OH is 7. The molecule has 13 heteroatoms. The number of rotatable bonds is 5. The molecule has 0 aromatic heterocycles. The summed E-state index contributed by atoms with van der Waals surface area (Å²) in [6, 6.07) is 0. The molecule has 0 aliphatic carbocycles. The lowest BCUT2D eigenvalue weighted by atomic mass is 9.96. The Hall–Kier alpha value is -0.640. The highest BCUT2D eigenvalue weighted by molar-refractivity contribution is 6.24. The predicted molar refractivity (Wildman–Crippen MR) is 83.0 cm³/mol. The molecule has 2 heterocycles. The number of hydrogen-bond acceptors (Lipinski definition) is 12. The molecule has 0 amide bonds. The molecule has 2 saturated heterocycles. The van der Waals surface area contributed by atoms with Gasteiger partial charge >= 0.3 is 5.97 Å². The molecule has 0 bridgehead atoms. The average molecular weight is 419 g/mol. The predicted octanol–water partition coefficient (Wildman–Crippen LogP) is -4.26. The molecule has 2 aliphatic heterocycles. The molecule has 7 N–H and O–H groups in total. The van der Waals surface area contributed by atoms with Gasteiger partial charge < -0.3 is 54.7 Å². The fraction of sp³-hybridized carbons (Fsp3) is 0.929. The molecule has 12 nitrogen and oxygen atoms in total. The van der Waals surface area contributed by atoms with Crippen molar-refractivity contribution in [2.45, 2.75) is 67.3 Å². The van der Waals surface area contributed by atoms with E-state index in [1.54, 1.807) is 0 Å². The summed E-state index contributed by atoms with van der Waals surface area (Å²) in [5, 5.41) is 66.2. The Kier molecular flexibility index (Phi) is 7.38. The quantitative estimate of drug-likeness (QED) is 0.168. The van der Waals surface area contributed by atoms with Crippen LogP contribution in [0.25, 0.3) is 0 Å². The Morgan fingerprint density at radius 1 is 1.00 bits per heavy atom. The van der Waals surface area contributed by atoms with Gasteiger partial charge in [0.05, 0.1) is 13.2 Å². The van der Waals surface area contributed by atoms with E-state index in [-0.39, 0.29) is 0 Å². The van der Waals surface area contributed by atoms with Crippen molar-refractivity contribution in [1.29, 1.82) is 0 Å². The molecule has 2 rings (SSSR count). The van der Waals surface area contributed by atoms with Crippen LogP contribution in [0.4, 0.5) is 0 Å². The zero-order valence-corrected chi connectivity index (χ0v) is 14.9. The van der Waals surface area contributed by atoms with Gasteiger partial charge in [-0.2, -0.15) is 0 Å². The largest absolute Gasteiger partial charge is 0.437 e. The van der Waals surface area contributed by atoms with E-state index in [1.807, 2.05) is 0 Å². The number of aliphatic hydroxyl groups is 7. The maximum atomic E-state index is 11.3. The van der Waals surface area contributed by atoms with E-state index in [0.717, 1.165) is 6.92 Å². The van der Waals surface area contributed by atoms with Crippen LogP contribution in [-0.2, 0) is 23.7 Å². The molecule has 10 atom stereocenters. The maximum absolute atomic E-state index is 11.3. The maximum Gasteiger partial charge on any atom is 0.304 e. The van der Waals surface area contributed by atoms with Gasteiger partial charge in [0.25, 0.3) is 0 Å². The Balaban J connectivity index is 2.26. The minimum atomic E-state index is -2.45. The lowest BCUT2D eigenvalue weighted by Gasteiger charge is -2.48. The van der Waals surface area contributed by atoms with Crippen LogP contribution in [0.1, 0.15) is 6.92 Å². The molecule has 0 aromatic rings. The first-order valence-electron chi connectivity index (χ1n) is 8.03. The van der Waals surface area contributed by atoms with Crippen molar-refractivity contribution in [3.05, 3.63) is 0 Å². The second-order valence-corrected chi connectivity index (χ2v) is 6.83. The van der Waals surface area contributed by atoms with Crippen molar-refractivity contribution in [1.82, 2.24) is 0 Å². The van der Waals surface area contributed by atoms with E-state index in [0.29, 0.717) is 0 Å². The van der Waals surface area contributed by atoms with Crippen molar-refractivity contribution < 1.29 is 59.5 Å². The van der Waals surface area contributed by atoms with Crippen LogP contribution in [0.2, 0.25) is 0 Å². The van der Waals surface area contributed by atoms with Crippen LogP contribution in [0.3, 0.4) is 0 Å².